The fourth-order valence-electron chi connectivity index (χ4n) is 2.36. The number of hydrogen-bond donors (Lipinski definition) is 2. The van der Waals surface area contributed by atoms with Gasteiger partial charge in [-0.2, -0.15) is 0 Å². The number of halogens is 1. The van der Waals surface area contributed by atoms with Gasteiger partial charge in [0.2, 0.25) is 0 Å². The summed E-state index contributed by atoms with van der Waals surface area (Å²) in [7, 11) is -3.80. The highest BCUT2D eigenvalue weighted by molar-refractivity contribution is 7.92. The maximum absolute atomic E-state index is 13.7. The molecule has 6 heteroatoms. The molecule has 2 aromatic carbocycles. The van der Waals surface area contributed by atoms with Crippen molar-refractivity contribution in [2.75, 3.05) is 16.6 Å². The second kappa shape index (κ2) is 5.04. The highest BCUT2D eigenvalue weighted by Gasteiger charge is 2.19. The zero-order valence-corrected chi connectivity index (χ0v) is 12.3. The SMILES string of the molecule is Cc1ccc(F)c(NS(=O)(=O)c2ccc3c(c2)NCC3)c1. The van der Waals surface area contributed by atoms with Gasteiger partial charge in [0, 0.05) is 12.2 Å². The van der Waals surface area contributed by atoms with Gasteiger partial charge in [-0.25, -0.2) is 12.8 Å². The smallest absolute Gasteiger partial charge is 0.262 e. The Hall–Kier alpha value is -2.08. The molecule has 3 rings (SSSR count). The lowest BCUT2D eigenvalue weighted by atomic mass is 10.2. The standard InChI is InChI=1S/C15H15FN2O2S/c1-10-2-5-13(16)15(8-10)18-21(19,20)12-4-3-11-6-7-17-14(11)9-12/h2-5,8-9,17-18H,6-7H2,1H3. The van der Waals surface area contributed by atoms with Gasteiger partial charge in [-0.1, -0.05) is 12.1 Å². The summed E-state index contributed by atoms with van der Waals surface area (Å²) >= 11 is 0. The second-order valence-corrected chi connectivity index (χ2v) is 6.77. The van der Waals surface area contributed by atoms with Crippen LogP contribution in [0.5, 0.6) is 0 Å². The van der Waals surface area contributed by atoms with Gasteiger partial charge in [0.05, 0.1) is 10.6 Å². The molecule has 4 nitrogen and oxygen atoms in total. The van der Waals surface area contributed by atoms with E-state index in [1.165, 1.54) is 12.1 Å². The van der Waals surface area contributed by atoms with Crippen molar-refractivity contribution < 1.29 is 12.8 Å². The molecule has 1 aliphatic heterocycles. The maximum Gasteiger partial charge on any atom is 0.262 e. The van der Waals surface area contributed by atoms with Crippen molar-refractivity contribution in [3.8, 4) is 0 Å². The first-order valence-electron chi connectivity index (χ1n) is 6.61. The lowest BCUT2D eigenvalue weighted by molar-refractivity contribution is 0.598. The summed E-state index contributed by atoms with van der Waals surface area (Å²) in [5.41, 5.74) is 2.66. The third-order valence-corrected chi connectivity index (χ3v) is 4.83. The van der Waals surface area contributed by atoms with E-state index in [0.717, 1.165) is 29.8 Å². The number of nitrogens with one attached hydrogen (secondary N) is 2. The summed E-state index contributed by atoms with van der Waals surface area (Å²) in [4.78, 5) is 0.122. The fraction of sp³-hybridized carbons (Fsp3) is 0.200. The van der Waals surface area contributed by atoms with E-state index in [0.29, 0.717) is 0 Å². The number of fused-ring (bicyclic) bond motifs is 1. The minimum Gasteiger partial charge on any atom is -0.384 e. The Labute approximate surface area is 123 Å². The van der Waals surface area contributed by atoms with Gasteiger partial charge in [0.25, 0.3) is 10.0 Å². The highest BCUT2D eigenvalue weighted by atomic mass is 32.2. The molecule has 0 bridgehead atoms. The number of anilines is 2. The Balaban J connectivity index is 1.95. The van der Waals surface area contributed by atoms with Crippen LogP contribution in [0, 0.1) is 12.7 Å². The summed E-state index contributed by atoms with van der Waals surface area (Å²) in [6.45, 7) is 2.58. The third kappa shape index (κ3) is 2.71. The van der Waals surface area contributed by atoms with Gasteiger partial charge in [-0.05, 0) is 48.7 Å². The molecule has 1 heterocycles. The second-order valence-electron chi connectivity index (χ2n) is 5.08. The van der Waals surface area contributed by atoms with E-state index in [2.05, 4.69) is 10.0 Å². The molecular formula is C15H15FN2O2S. The number of hydrogen-bond acceptors (Lipinski definition) is 3. The molecule has 0 amide bonds. The van der Waals surface area contributed by atoms with Gasteiger partial charge >= 0.3 is 0 Å². The van der Waals surface area contributed by atoms with Crippen LogP contribution in [-0.2, 0) is 16.4 Å². The van der Waals surface area contributed by atoms with Gasteiger partial charge in [0.1, 0.15) is 5.82 Å². The Morgan fingerprint density at radius 1 is 1.19 bits per heavy atom. The molecule has 1 aliphatic rings. The lowest BCUT2D eigenvalue weighted by Crippen LogP contribution is -2.14. The summed E-state index contributed by atoms with van der Waals surface area (Å²) in [6.07, 6.45) is 0.885. The van der Waals surface area contributed by atoms with Crippen LogP contribution >= 0.6 is 0 Å². The Kier molecular flexibility index (Phi) is 3.33. The lowest BCUT2D eigenvalue weighted by Gasteiger charge is -2.11. The maximum atomic E-state index is 13.7. The van der Waals surface area contributed by atoms with E-state index in [1.807, 2.05) is 0 Å². The molecule has 0 aliphatic carbocycles. The van der Waals surface area contributed by atoms with E-state index >= 15 is 0 Å². The molecular weight excluding hydrogens is 291 g/mol. The van der Waals surface area contributed by atoms with Crippen molar-refractivity contribution in [2.45, 2.75) is 18.2 Å². The molecule has 2 N–H and O–H groups in total. The molecule has 0 saturated carbocycles. The first kappa shape index (κ1) is 13.9. The average Bonchev–Trinajstić information content (AvgIpc) is 2.90. The first-order valence-corrected chi connectivity index (χ1v) is 8.10. The van der Waals surface area contributed by atoms with Crippen LogP contribution in [0.2, 0.25) is 0 Å². The normalized spacial score (nSPS) is 13.6. The fourth-order valence-corrected chi connectivity index (χ4v) is 3.44. The predicted octanol–water partition coefficient (Wildman–Crippen LogP) is 2.90. The van der Waals surface area contributed by atoms with Crippen LogP contribution in [0.4, 0.5) is 15.8 Å². The molecule has 2 aromatic rings. The predicted molar refractivity (Wildman–Crippen MR) is 80.6 cm³/mol. The van der Waals surface area contributed by atoms with Crippen LogP contribution in [-0.4, -0.2) is 15.0 Å². The van der Waals surface area contributed by atoms with E-state index in [9.17, 15) is 12.8 Å². The van der Waals surface area contributed by atoms with Crippen molar-refractivity contribution in [2.24, 2.45) is 0 Å². The minimum atomic E-state index is -3.80. The Bertz CT molecular complexity index is 803. The molecule has 0 saturated heterocycles. The van der Waals surface area contributed by atoms with Crippen LogP contribution in [0.3, 0.4) is 0 Å². The average molecular weight is 306 g/mol. The first-order chi connectivity index (χ1) is 9.95. The monoisotopic (exact) mass is 306 g/mol. The van der Waals surface area contributed by atoms with Crippen LogP contribution in [0.25, 0.3) is 0 Å². The molecule has 0 aromatic heterocycles. The minimum absolute atomic E-state index is 0.0385. The van der Waals surface area contributed by atoms with E-state index < -0.39 is 15.8 Å². The van der Waals surface area contributed by atoms with Crippen molar-refractivity contribution in [1.82, 2.24) is 0 Å². The zero-order chi connectivity index (χ0) is 15.0. The van der Waals surface area contributed by atoms with E-state index in [4.69, 9.17) is 0 Å². The molecule has 0 spiro atoms. The molecule has 0 radical (unpaired) electrons. The van der Waals surface area contributed by atoms with Crippen molar-refractivity contribution in [3.63, 3.8) is 0 Å². The van der Waals surface area contributed by atoms with Gasteiger partial charge in [0.15, 0.2) is 0 Å². The van der Waals surface area contributed by atoms with E-state index in [-0.39, 0.29) is 10.6 Å². The van der Waals surface area contributed by atoms with Crippen molar-refractivity contribution in [1.29, 1.82) is 0 Å². The number of benzene rings is 2. The molecule has 0 fully saturated rings. The molecule has 21 heavy (non-hydrogen) atoms. The van der Waals surface area contributed by atoms with Gasteiger partial charge in [-0.3, -0.25) is 4.72 Å². The molecule has 0 unspecified atom stereocenters. The summed E-state index contributed by atoms with van der Waals surface area (Å²) in [5.74, 6) is -0.594. The number of rotatable bonds is 3. The van der Waals surface area contributed by atoms with Crippen LogP contribution in [0.1, 0.15) is 11.1 Å². The summed E-state index contributed by atoms with van der Waals surface area (Å²) in [5, 5.41) is 3.13. The molecule has 110 valence electrons. The third-order valence-electron chi connectivity index (χ3n) is 3.47. The van der Waals surface area contributed by atoms with Crippen LogP contribution in [0.15, 0.2) is 41.3 Å². The zero-order valence-electron chi connectivity index (χ0n) is 11.5. The van der Waals surface area contributed by atoms with Crippen LogP contribution < -0.4 is 10.0 Å². The van der Waals surface area contributed by atoms with Gasteiger partial charge < -0.3 is 5.32 Å². The topological polar surface area (TPSA) is 58.2 Å². The Morgan fingerprint density at radius 3 is 2.81 bits per heavy atom. The Morgan fingerprint density at radius 2 is 2.00 bits per heavy atom. The van der Waals surface area contributed by atoms with Gasteiger partial charge in [-0.15, -0.1) is 0 Å². The summed E-state index contributed by atoms with van der Waals surface area (Å²) < 4.78 is 40.7. The summed E-state index contributed by atoms with van der Waals surface area (Å²) in [6, 6.07) is 9.22. The number of sulfonamides is 1. The van der Waals surface area contributed by atoms with Crippen molar-refractivity contribution in [3.05, 3.63) is 53.3 Å². The molecule has 0 atom stereocenters. The highest BCUT2D eigenvalue weighted by Crippen LogP contribution is 2.27. The van der Waals surface area contributed by atoms with Crippen molar-refractivity contribution >= 4 is 21.4 Å². The quantitative estimate of drug-likeness (QED) is 0.916. The number of aryl methyl sites for hydroxylation is 1. The largest absolute Gasteiger partial charge is 0.384 e. The van der Waals surface area contributed by atoms with E-state index in [1.54, 1.807) is 31.2 Å².